The van der Waals surface area contributed by atoms with Crippen molar-refractivity contribution in [3.8, 4) is 11.5 Å². The molecular weight excluding hydrogens is 322 g/mol. The van der Waals surface area contributed by atoms with Gasteiger partial charge in [-0.3, -0.25) is 4.68 Å². The van der Waals surface area contributed by atoms with Gasteiger partial charge >= 0.3 is 6.03 Å². The Kier molecular flexibility index (Phi) is 4.73. The molecule has 0 aliphatic heterocycles. The van der Waals surface area contributed by atoms with E-state index in [0.717, 1.165) is 0 Å². The summed E-state index contributed by atoms with van der Waals surface area (Å²) in [6.07, 6.45) is 2.71. The smallest absolute Gasteiger partial charge is 0.319 e. The first-order valence-electron chi connectivity index (χ1n) is 7.83. The molecule has 0 bridgehead atoms. The molecule has 0 unspecified atom stereocenters. The highest BCUT2D eigenvalue weighted by atomic mass is 16.4. The molecule has 2 amide bonds. The summed E-state index contributed by atoms with van der Waals surface area (Å²) in [6.45, 7) is 4.01. The second-order valence-electron chi connectivity index (χ2n) is 5.85. The molecule has 130 valence electrons. The molecule has 0 spiro atoms. The zero-order valence-electron chi connectivity index (χ0n) is 14.2. The van der Waals surface area contributed by atoms with Crippen LogP contribution in [0.25, 0.3) is 11.5 Å². The van der Waals surface area contributed by atoms with Crippen molar-refractivity contribution >= 4 is 11.7 Å². The molecule has 2 heterocycles. The average Bonchev–Trinajstić information content (AvgIpc) is 3.24. The summed E-state index contributed by atoms with van der Waals surface area (Å²) in [5, 5.41) is 17.4. The van der Waals surface area contributed by atoms with Gasteiger partial charge in [-0.15, -0.1) is 10.2 Å². The Morgan fingerprint density at radius 1 is 1.28 bits per heavy atom. The number of benzene rings is 1. The first-order chi connectivity index (χ1) is 12.1. The molecule has 1 aromatic carbocycles. The SMILES string of the molecule is CC(C)[C@@H](NC(=O)Nc1ccccc1-c1nnco1)c1ncnn1C. The summed E-state index contributed by atoms with van der Waals surface area (Å²) in [6, 6.07) is 6.59. The normalized spacial score (nSPS) is 12.2. The van der Waals surface area contributed by atoms with E-state index in [0.29, 0.717) is 23.0 Å². The lowest BCUT2D eigenvalue weighted by Gasteiger charge is -2.22. The summed E-state index contributed by atoms with van der Waals surface area (Å²) < 4.78 is 6.87. The number of hydrogen-bond acceptors (Lipinski definition) is 6. The number of amides is 2. The molecule has 0 radical (unpaired) electrons. The maximum absolute atomic E-state index is 12.5. The first kappa shape index (κ1) is 16.6. The summed E-state index contributed by atoms with van der Waals surface area (Å²) in [5.41, 5.74) is 1.22. The molecule has 9 heteroatoms. The minimum Gasteiger partial charge on any atom is -0.423 e. The van der Waals surface area contributed by atoms with Crippen molar-refractivity contribution in [2.45, 2.75) is 19.9 Å². The molecule has 2 aromatic heterocycles. The van der Waals surface area contributed by atoms with Gasteiger partial charge in [0.15, 0.2) is 0 Å². The van der Waals surface area contributed by atoms with Gasteiger partial charge in [-0.2, -0.15) is 5.10 Å². The van der Waals surface area contributed by atoms with Crippen LogP contribution in [-0.2, 0) is 7.05 Å². The predicted molar refractivity (Wildman–Crippen MR) is 90.5 cm³/mol. The van der Waals surface area contributed by atoms with Crippen LogP contribution in [0.15, 0.2) is 41.4 Å². The van der Waals surface area contributed by atoms with Crippen LogP contribution in [0.3, 0.4) is 0 Å². The number of nitrogens with zero attached hydrogens (tertiary/aromatic N) is 5. The molecule has 1 atom stereocenters. The lowest BCUT2D eigenvalue weighted by molar-refractivity contribution is 0.243. The van der Waals surface area contributed by atoms with E-state index in [9.17, 15) is 4.79 Å². The number of carbonyl (C=O) groups excluding carboxylic acids is 1. The summed E-state index contributed by atoms with van der Waals surface area (Å²) in [4.78, 5) is 16.7. The summed E-state index contributed by atoms with van der Waals surface area (Å²) in [7, 11) is 1.79. The van der Waals surface area contributed by atoms with Gasteiger partial charge in [0.05, 0.1) is 17.3 Å². The third-order valence-corrected chi connectivity index (χ3v) is 3.74. The van der Waals surface area contributed by atoms with E-state index in [1.54, 1.807) is 23.9 Å². The van der Waals surface area contributed by atoms with Gasteiger partial charge in [-0.25, -0.2) is 9.78 Å². The van der Waals surface area contributed by atoms with E-state index < -0.39 is 0 Å². The highest BCUT2D eigenvalue weighted by Crippen LogP contribution is 2.26. The summed E-state index contributed by atoms with van der Waals surface area (Å²) >= 11 is 0. The molecule has 0 fully saturated rings. The molecule has 2 N–H and O–H groups in total. The topological polar surface area (TPSA) is 111 Å². The van der Waals surface area contributed by atoms with Gasteiger partial charge in [0.25, 0.3) is 0 Å². The quantitative estimate of drug-likeness (QED) is 0.737. The Morgan fingerprint density at radius 3 is 2.72 bits per heavy atom. The minimum atomic E-state index is -0.353. The first-order valence-corrected chi connectivity index (χ1v) is 7.83. The van der Waals surface area contributed by atoms with Crippen molar-refractivity contribution in [1.29, 1.82) is 0 Å². The molecule has 3 aromatic rings. The number of hydrogen-bond donors (Lipinski definition) is 2. The van der Waals surface area contributed by atoms with Crippen LogP contribution in [0.5, 0.6) is 0 Å². The van der Waals surface area contributed by atoms with E-state index in [1.807, 2.05) is 26.0 Å². The van der Waals surface area contributed by atoms with Crippen LogP contribution in [0.2, 0.25) is 0 Å². The predicted octanol–water partition coefficient (Wildman–Crippen LogP) is 2.38. The van der Waals surface area contributed by atoms with Crippen molar-refractivity contribution in [2.24, 2.45) is 13.0 Å². The summed E-state index contributed by atoms with van der Waals surface area (Å²) in [5.74, 6) is 1.17. The molecule has 0 aliphatic carbocycles. The van der Waals surface area contributed by atoms with Crippen LogP contribution in [0.1, 0.15) is 25.7 Å². The molecule has 0 aliphatic rings. The molecule has 0 saturated heterocycles. The zero-order valence-corrected chi connectivity index (χ0v) is 14.2. The van der Waals surface area contributed by atoms with E-state index in [2.05, 4.69) is 30.9 Å². The van der Waals surface area contributed by atoms with Crippen molar-refractivity contribution in [2.75, 3.05) is 5.32 Å². The number of aryl methyl sites for hydroxylation is 1. The molecule has 25 heavy (non-hydrogen) atoms. The number of urea groups is 1. The number of aromatic nitrogens is 5. The van der Waals surface area contributed by atoms with Crippen LogP contribution < -0.4 is 10.6 Å². The van der Waals surface area contributed by atoms with Gasteiger partial charge in [-0.05, 0) is 18.1 Å². The number of anilines is 1. The average molecular weight is 341 g/mol. The highest BCUT2D eigenvalue weighted by Gasteiger charge is 2.23. The fourth-order valence-corrected chi connectivity index (χ4v) is 2.48. The van der Waals surface area contributed by atoms with Gasteiger partial charge < -0.3 is 15.1 Å². The van der Waals surface area contributed by atoms with Gasteiger partial charge in [0, 0.05) is 7.05 Å². The fraction of sp³-hybridized carbons (Fsp3) is 0.312. The van der Waals surface area contributed by atoms with E-state index in [1.165, 1.54) is 12.7 Å². The largest absolute Gasteiger partial charge is 0.423 e. The van der Waals surface area contributed by atoms with Crippen LogP contribution >= 0.6 is 0 Å². The van der Waals surface area contributed by atoms with Crippen molar-refractivity contribution < 1.29 is 9.21 Å². The van der Waals surface area contributed by atoms with E-state index >= 15 is 0 Å². The maximum Gasteiger partial charge on any atom is 0.319 e. The standard InChI is InChI=1S/C16H19N7O2/c1-10(2)13(14-17-8-19-23(14)3)21-16(24)20-12-7-5-4-6-11(12)15-22-18-9-25-15/h4-10,13H,1-3H3,(H2,20,21,24)/t13-/m1/s1. The molecule has 9 nitrogen and oxygen atoms in total. The van der Waals surface area contributed by atoms with Gasteiger partial charge in [-0.1, -0.05) is 26.0 Å². The van der Waals surface area contributed by atoms with Crippen LogP contribution in [0, 0.1) is 5.92 Å². The molecule has 3 rings (SSSR count). The van der Waals surface area contributed by atoms with Crippen molar-refractivity contribution in [1.82, 2.24) is 30.3 Å². The number of carbonyl (C=O) groups is 1. The van der Waals surface area contributed by atoms with E-state index in [-0.39, 0.29) is 18.0 Å². The lowest BCUT2D eigenvalue weighted by atomic mass is 10.0. The highest BCUT2D eigenvalue weighted by molar-refractivity contribution is 5.93. The Balaban J connectivity index is 1.78. The molecular formula is C16H19N7O2. The van der Waals surface area contributed by atoms with Crippen molar-refractivity contribution in [3.05, 3.63) is 42.8 Å². The van der Waals surface area contributed by atoms with E-state index in [4.69, 9.17) is 4.42 Å². The second-order valence-corrected chi connectivity index (χ2v) is 5.85. The van der Waals surface area contributed by atoms with Crippen LogP contribution in [0.4, 0.5) is 10.5 Å². The Morgan fingerprint density at radius 2 is 2.08 bits per heavy atom. The fourth-order valence-electron chi connectivity index (χ4n) is 2.48. The maximum atomic E-state index is 12.5. The number of nitrogens with one attached hydrogen (secondary N) is 2. The Bertz CT molecular complexity index is 842. The molecule has 0 saturated carbocycles. The van der Waals surface area contributed by atoms with Gasteiger partial charge in [0.2, 0.25) is 12.3 Å². The monoisotopic (exact) mass is 341 g/mol. The van der Waals surface area contributed by atoms with Gasteiger partial charge in [0.1, 0.15) is 12.2 Å². The minimum absolute atomic E-state index is 0.139. The van der Waals surface area contributed by atoms with Crippen LogP contribution in [-0.4, -0.2) is 31.0 Å². The van der Waals surface area contributed by atoms with Crippen molar-refractivity contribution in [3.63, 3.8) is 0 Å². The number of para-hydroxylation sites is 1. The lowest BCUT2D eigenvalue weighted by Crippen LogP contribution is -2.36. The third-order valence-electron chi connectivity index (χ3n) is 3.74. The third kappa shape index (κ3) is 3.65. The number of rotatable bonds is 5. The Labute approximate surface area is 144 Å². The second kappa shape index (κ2) is 7.12. The zero-order chi connectivity index (χ0) is 17.8. The Hall–Kier alpha value is -3.23.